The number of aliphatic hydroxyl groups excluding tert-OH is 8. The molecule has 4 rings (SSSR count). The summed E-state index contributed by atoms with van der Waals surface area (Å²) in [5, 5.41) is 81.3. The number of carbonyl (C=O) groups excluding carboxylic acids is 1. The van der Waals surface area contributed by atoms with Crippen molar-refractivity contribution in [2.75, 3.05) is 20.3 Å². The topological polar surface area (TPSA) is 234 Å². The number of hydrogen-bond donors (Lipinski definition) is 8. The van der Waals surface area contributed by atoms with Crippen molar-refractivity contribution < 1.29 is 74.1 Å². The number of esters is 1. The van der Waals surface area contributed by atoms with Crippen LogP contribution in [0.25, 0.3) is 0 Å². The summed E-state index contributed by atoms with van der Waals surface area (Å²) in [4.78, 5) is 12.2. The van der Waals surface area contributed by atoms with Gasteiger partial charge in [0.1, 0.15) is 48.8 Å². The first-order valence-electron chi connectivity index (χ1n) is 12.4. The van der Waals surface area contributed by atoms with E-state index in [1.54, 1.807) is 0 Å². The highest BCUT2D eigenvalue weighted by molar-refractivity contribution is 5.89. The van der Waals surface area contributed by atoms with Gasteiger partial charge in [0.25, 0.3) is 0 Å². The zero-order chi connectivity index (χ0) is 27.9. The average molecular weight is 553 g/mol. The van der Waals surface area contributed by atoms with Crippen molar-refractivity contribution in [2.45, 2.75) is 87.2 Å². The number of rotatable bonds is 7. The lowest BCUT2D eigenvalue weighted by Gasteiger charge is -2.44. The molecule has 2 saturated heterocycles. The van der Waals surface area contributed by atoms with Gasteiger partial charge in [0.05, 0.1) is 38.3 Å². The summed E-state index contributed by atoms with van der Waals surface area (Å²) >= 11 is 0. The number of methoxy groups -OCH3 is 1. The Morgan fingerprint density at radius 3 is 2.13 bits per heavy atom. The van der Waals surface area contributed by atoms with Crippen LogP contribution in [-0.4, -0.2) is 141 Å². The van der Waals surface area contributed by atoms with Gasteiger partial charge in [-0.1, -0.05) is 6.92 Å². The van der Waals surface area contributed by atoms with Crippen molar-refractivity contribution in [1.82, 2.24) is 0 Å². The molecule has 3 heterocycles. The van der Waals surface area contributed by atoms with Gasteiger partial charge < -0.3 is 69.3 Å². The molecule has 15 atom stereocenters. The molecule has 0 aromatic heterocycles. The van der Waals surface area contributed by atoms with Crippen molar-refractivity contribution >= 4 is 5.97 Å². The molecule has 0 aromatic rings. The number of fused-ring (bicyclic) bond motifs is 1. The van der Waals surface area contributed by atoms with E-state index in [1.165, 1.54) is 7.11 Å². The molecule has 15 nitrogen and oxygen atoms in total. The SMILES string of the molecule is COC(=O)C1=CO[C@H](O[C@@H]2O[C@H](CO[C@@H]3O[C@H](CO)[C@@H](O)[C@H](O)[C@H]3O)[C@@H](O)[C@H](O)[C@H]2O)[C@H]2[C@@H]1[C@@H](O)C[C@@H]2C. The minimum absolute atomic E-state index is 0.139. The van der Waals surface area contributed by atoms with Crippen molar-refractivity contribution in [2.24, 2.45) is 17.8 Å². The fourth-order valence-corrected chi connectivity index (χ4v) is 5.58. The molecule has 3 fully saturated rings. The highest BCUT2D eigenvalue weighted by Crippen LogP contribution is 2.47. The average Bonchev–Trinajstić information content (AvgIpc) is 3.21. The molecule has 38 heavy (non-hydrogen) atoms. The zero-order valence-corrected chi connectivity index (χ0v) is 20.8. The van der Waals surface area contributed by atoms with Crippen LogP contribution in [0.5, 0.6) is 0 Å². The Labute approximate surface area is 217 Å². The second-order valence-electron chi connectivity index (χ2n) is 10.1. The van der Waals surface area contributed by atoms with Crippen molar-refractivity contribution in [1.29, 1.82) is 0 Å². The van der Waals surface area contributed by atoms with Crippen LogP contribution in [0.1, 0.15) is 13.3 Å². The maximum absolute atomic E-state index is 12.2. The lowest BCUT2D eigenvalue weighted by molar-refractivity contribution is -0.354. The van der Waals surface area contributed by atoms with Crippen LogP contribution in [0.2, 0.25) is 0 Å². The third-order valence-electron chi connectivity index (χ3n) is 7.73. The quantitative estimate of drug-likeness (QED) is 0.139. The lowest BCUT2D eigenvalue weighted by atomic mass is 9.82. The molecule has 0 bridgehead atoms. The van der Waals surface area contributed by atoms with Gasteiger partial charge >= 0.3 is 5.97 Å². The normalized spacial score (nSPS) is 49.1. The molecule has 3 aliphatic heterocycles. The van der Waals surface area contributed by atoms with E-state index in [1.807, 2.05) is 6.92 Å². The predicted molar refractivity (Wildman–Crippen MR) is 119 cm³/mol. The Balaban J connectivity index is 1.45. The molecule has 1 aliphatic carbocycles. The van der Waals surface area contributed by atoms with Gasteiger partial charge in [-0.25, -0.2) is 4.79 Å². The molecule has 0 unspecified atom stereocenters. The number of carbonyl (C=O) groups is 1. The highest BCUT2D eigenvalue weighted by atomic mass is 16.8. The predicted octanol–water partition coefficient (Wildman–Crippen LogP) is -4.33. The Bertz CT molecular complexity index is 853. The maximum atomic E-state index is 12.2. The summed E-state index contributed by atoms with van der Waals surface area (Å²) in [6, 6.07) is 0. The summed E-state index contributed by atoms with van der Waals surface area (Å²) in [6.45, 7) is 0.644. The number of hydrogen-bond acceptors (Lipinski definition) is 15. The fraction of sp³-hybridized carbons (Fsp3) is 0.870. The van der Waals surface area contributed by atoms with Gasteiger partial charge in [0.2, 0.25) is 6.29 Å². The summed E-state index contributed by atoms with van der Waals surface area (Å²) in [5.41, 5.74) is 0.139. The van der Waals surface area contributed by atoms with Gasteiger partial charge in [-0.3, -0.25) is 0 Å². The highest BCUT2D eigenvalue weighted by Gasteiger charge is 2.54. The first-order valence-corrected chi connectivity index (χ1v) is 12.4. The fourth-order valence-electron chi connectivity index (χ4n) is 5.58. The monoisotopic (exact) mass is 552 g/mol. The van der Waals surface area contributed by atoms with Gasteiger partial charge in [-0.15, -0.1) is 0 Å². The molecule has 218 valence electrons. The second-order valence-corrected chi connectivity index (χ2v) is 10.1. The molecule has 0 amide bonds. The van der Waals surface area contributed by atoms with Crippen molar-refractivity contribution in [3.8, 4) is 0 Å². The first kappa shape index (κ1) is 29.5. The van der Waals surface area contributed by atoms with E-state index in [0.29, 0.717) is 6.42 Å². The molecule has 0 radical (unpaired) electrons. The summed E-state index contributed by atoms with van der Waals surface area (Å²) in [5.74, 6) is -2.04. The van der Waals surface area contributed by atoms with Crippen LogP contribution < -0.4 is 0 Å². The zero-order valence-electron chi connectivity index (χ0n) is 20.8. The van der Waals surface area contributed by atoms with E-state index in [-0.39, 0.29) is 11.5 Å². The summed E-state index contributed by atoms with van der Waals surface area (Å²) < 4.78 is 32.6. The van der Waals surface area contributed by atoms with E-state index in [9.17, 15) is 45.6 Å². The van der Waals surface area contributed by atoms with Gasteiger partial charge in [0, 0.05) is 11.8 Å². The maximum Gasteiger partial charge on any atom is 0.337 e. The van der Waals surface area contributed by atoms with Gasteiger partial charge in [0.15, 0.2) is 12.6 Å². The van der Waals surface area contributed by atoms with E-state index < -0.39 is 105 Å². The molecule has 1 saturated carbocycles. The molecular weight excluding hydrogens is 516 g/mol. The molecular formula is C23H36O15. The first-order chi connectivity index (χ1) is 18.0. The van der Waals surface area contributed by atoms with Crippen molar-refractivity contribution in [3.63, 3.8) is 0 Å². The Hall–Kier alpha value is -1.47. The molecule has 0 aromatic carbocycles. The largest absolute Gasteiger partial charge is 0.472 e. The van der Waals surface area contributed by atoms with Gasteiger partial charge in [-0.2, -0.15) is 0 Å². The summed E-state index contributed by atoms with van der Waals surface area (Å²) in [7, 11) is 1.21. The second kappa shape index (κ2) is 12.0. The van der Waals surface area contributed by atoms with Crippen LogP contribution in [-0.2, 0) is 33.2 Å². The third-order valence-corrected chi connectivity index (χ3v) is 7.73. The van der Waals surface area contributed by atoms with E-state index in [2.05, 4.69) is 0 Å². The smallest absolute Gasteiger partial charge is 0.337 e. The van der Waals surface area contributed by atoms with Crippen LogP contribution in [0.4, 0.5) is 0 Å². The van der Waals surface area contributed by atoms with Gasteiger partial charge in [-0.05, 0) is 12.3 Å². The molecule has 0 spiro atoms. The van der Waals surface area contributed by atoms with E-state index in [4.69, 9.17) is 28.4 Å². The van der Waals surface area contributed by atoms with Crippen LogP contribution in [0.15, 0.2) is 11.8 Å². The molecule has 4 aliphatic rings. The van der Waals surface area contributed by atoms with E-state index >= 15 is 0 Å². The third kappa shape index (κ3) is 5.43. The Morgan fingerprint density at radius 1 is 0.895 bits per heavy atom. The lowest BCUT2D eigenvalue weighted by Crippen LogP contribution is -2.62. The van der Waals surface area contributed by atoms with E-state index in [0.717, 1.165) is 6.26 Å². The van der Waals surface area contributed by atoms with Crippen molar-refractivity contribution in [3.05, 3.63) is 11.8 Å². The summed E-state index contributed by atoms with van der Waals surface area (Å²) in [6.07, 6.45) is -16.2. The number of ether oxygens (including phenoxy) is 6. The molecule has 15 heteroatoms. The standard InChI is InChI=1S/C23H36O15/c1-7-3-9(25)13-8(20(32)33-2)5-34-21(12(7)13)38-23-19(31)17(29)15(27)11(37-23)6-35-22-18(30)16(28)14(26)10(4-24)36-22/h5,7,9-19,21-31H,3-4,6H2,1-2H3/t7-,9-,10+,11+,12+,13-,14+,15+,16-,17-,18+,19+,21+,22+,23-/m0/s1. The Morgan fingerprint density at radius 2 is 1.50 bits per heavy atom. The minimum Gasteiger partial charge on any atom is -0.472 e. The number of aliphatic hydroxyl groups is 8. The van der Waals surface area contributed by atoms with Crippen LogP contribution >= 0.6 is 0 Å². The Kier molecular flexibility index (Phi) is 9.28. The van der Waals surface area contributed by atoms with Crippen LogP contribution in [0.3, 0.4) is 0 Å². The minimum atomic E-state index is -1.75. The van der Waals surface area contributed by atoms with Crippen LogP contribution in [0, 0.1) is 17.8 Å². The molecule has 8 N–H and O–H groups in total.